The van der Waals surface area contributed by atoms with Crippen LogP contribution in [-0.4, -0.2) is 31.1 Å². The molecule has 0 spiro atoms. The lowest BCUT2D eigenvalue weighted by Crippen LogP contribution is -2.36. The second kappa shape index (κ2) is 6.34. The first-order valence-electron chi connectivity index (χ1n) is 6.35. The Balaban J connectivity index is 2.19. The number of carbonyl (C=O) groups is 1. The molecule has 0 radical (unpaired) electrons. The summed E-state index contributed by atoms with van der Waals surface area (Å²) in [5.41, 5.74) is 1.74. The summed E-state index contributed by atoms with van der Waals surface area (Å²) in [4.78, 5) is 13.4. The van der Waals surface area contributed by atoms with E-state index in [0.29, 0.717) is 5.92 Å². The van der Waals surface area contributed by atoms with Gasteiger partial charge in [0.05, 0.1) is 0 Å². The Kier molecular flexibility index (Phi) is 4.78. The first-order valence-corrected chi connectivity index (χ1v) is 7.14. The van der Waals surface area contributed by atoms with Gasteiger partial charge in [0.2, 0.25) is 0 Å². The highest BCUT2D eigenvalue weighted by molar-refractivity contribution is 9.10. The van der Waals surface area contributed by atoms with Gasteiger partial charge in [0.25, 0.3) is 0 Å². The summed E-state index contributed by atoms with van der Waals surface area (Å²) < 4.78 is 0.993. The van der Waals surface area contributed by atoms with Crippen molar-refractivity contribution in [2.45, 2.75) is 19.3 Å². The molecule has 1 aliphatic rings. The fourth-order valence-electron chi connectivity index (χ4n) is 2.59. The van der Waals surface area contributed by atoms with E-state index in [2.05, 4.69) is 20.8 Å². The molecule has 1 aromatic rings. The van der Waals surface area contributed by atoms with Crippen molar-refractivity contribution in [3.8, 4) is 0 Å². The first kappa shape index (κ1) is 13.6. The molecule has 1 heterocycles. The number of benzene rings is 1. The number of hydrogen-bond donors (Lipinski definition) is 1. The van der Waals surface area contributed by atoms with E-state index in [4.69, 9.17) is 5.11 Å². The van der Waals surface area contributed by atoms with Crippen molar-refractivity contribution in [2.75, 3.05) is 24.6 Å². The summed E-state index contributed by atoms with van der Waals surface area (Å²) in [6.07, 6.45) is 4.05. The van der Waals surface area contributed by atoms with Gasteiger partial charge in [0, 0.05) is 35.4 Å². The molecule has 98 valence electrons. The summed E-state index contributed by atoms with van der Waals surface area (Å²) in [6.45, 7) is 2.16. The number of aldehydes is 1. The van der Waals surface area contributed by atoms with Crippen LogP contribution in [-0.2, 0) is 0 Å². The van der Waals surface area contributed by atoms with E-state index < -0.39 is 0 Å². The second-order valence-electron chi connectivity index (χ2n) is 4.79. The molecule has 1 aromatic carbocycles. The lowest BCUT2D eigenvalue weighted by Gasteiger charge is -2.35. The molecular weight excluding hydrogens is 294 g/mol. The predicted molar refractivity (Wildman–Crippen MR) is 76.2 cm³/mol. The van der Waals surface area contributed by atoms with Gasteiger partial charge in [-0.05, 0) is 43.4 Å². The van der Waals surface area contributed by atoms with E-state index in [1.165, 1.54) is 6.42 Å². The SMILES string of the molecule is O=Cc1ccc(Br)cc1N1CCCC(CCO)C1. The standard InChI is InChI=1S/C14H18BrNO2/c15-13-4-3-12(10-18)14(8-13)16-6-1-2-11(9-16)5-7-17/h3-4,8,10-11,17H,1-2,5-7,9H2. The molecule has 1 fully saturated rings. The van der Waals surface area contributed by atoms with Crippen LogP contribution >= 0.6 is 15.9 Å². The fraction of sp³-hybridized carbons (Fsp3) is 0.500. The third kappa shape index (κ3) is 3.12. The van der Waals surface area contributed by atoms with Crippen LogP contribution in [0.4, 0.5) is 5.69 Å². The van der Waals surface area contributed by atoms with Gasteiger partial charge < -0.3 is 10.0 Å². The van der Waals surface area contributed by atoms with Gasteiger partial charge in [0.1, 0.15) is 0 Å². The Morgan fingerprint density at radius 3 is 3.06 bits per heavy atom. The molecule has 0 bridgehead atoms. The number of halogens is 1. The molecule has 2 rings (SSSR count). The van der Waals surface area contributed by atoms with Crippen LogP contribution in [0, 0.1) is 5.92 Å². The Morgan fingerprint density at radius 2 is 2.33 bits per heavy atom. The molecule has 3 nitrogen and oxygen atoms in total. The number of nitrogens with zero attached hydrogens (tertiary/aromatic N) is 1. The van der Waals surface area contributed by atoms with Crippen molar-refractivity contribution < 1.29 is 9.90 Å². The third-order valence-electron chi connectivity index (χ3n) is 3.52. The average molecular weight is 312 g/mol. The van der Waals surface area contributed by atoms with Crippen molar-refractivity contribution in [1.82, 2.24) is 0 Å². The zero-order valence-electron chi connectivity index (χ0n) is 10.3. The monoisotopic (exact) mass is 311 g/mol. The van der Waals surface area contributed by atoms with Crippen LogP contribution in [0.15, 0.2) is 22.7 Å². The van der Waals surface area contributed by atoms with Crippen LogP contribution in [0.3, 0.4) is 0 Å². The van der Waals surface area contributed by atoms with Gasteiger partial charge in [-0.1, -0.05) is 15.9 Å². The number of aliphatic hydroxyl groups excluding tert-OH is 1. The molecule has 1 aliphatic heterocycles. The number of piperidine rings is 1. The third-order valence-corrected chi connectivity index (χ3v) is 4.01. The maximum atomic E-state index is 11.1. The minimum Gasteiger partial charge on any atom is -0.396 e. The minimum atomic E-state index is 0.248. The zero-order chi connectivity index (χ0) is 13.0. The number of rotatable bonds is 4. The molecule has 0 saturated carbocycles. The quantitative estimate of drug-likeness (QED) is 0.869. The molecule has 1 unspecified atom stereocenters. The summed E-state index contributed by atoms with van der Waals surface area (Å²) in [6, 6.07) is 5.75. The first-order chi connectivity index (χ1) is 8.74. The largest absolute Gasteiger partial charge is 0.396 e. The van der Waals surface area contributed by atoms with Crippen molar-refractivity contribution in [3.63, 3.8) is 0 Å². The number of anilines is 1. The maximum absolute atomic E-state index is 11.1. The highest BCUT2D eigenvalue weighted by atomic mass is 79.9. The van der Waals surface area contributed by atoms with Crippen LogP contribution in [0.5, 0.6) is 0 Å². The molecule has 1 atom stereocenters. The van der Waals surface area contributed by atoms with Gasteiger partial charge in [0.15, 0.2) is 6.29 Å². The summed E-state index contributed by atoms with van der Waals surface area (Å²) in [5.74, 6) is 0.530. The summed E-state index contributed by atoms with van der Waals surface area (Å²) >= 11 is 3.46. The van der Waals surface area contributed by atoms with Crippen molar-refractivity contribution >= 4 is 27.9 Å². The maximum Gasteiger partial charge on any atom is 0.152 e. The number of aliphatic hydroxyl groups is 1. The van der Waals surface area contributed by atoms with Crippen LogP contribution in [0.2, 0.25) is 0 Å². The van der Waals surface area contributed by atoms with E-state index in [-0.39, 0.29) is 6.61 Å². The zero-order valence-corrected chi connectivity index (χ0v) is 11.9. The molecule has 1 N–H and O–H groups in total. The van der Waals surface area contributed by atoms with E-state index in [0.717, 1.165) is 47.9 Å². The molecular formula is C14H18BrNO2. The smallest absolute Gasteiger partial charge is 0.152 e. The van der Waals surface area contributed by atoms with Gasteiger partial charge in [-0.25, -0.2) is 0 Å². The lowest BCUT2D eigenvalue weighted by atomic mass is 9.94. The van der Waals surface area contributed by atoms with Crippen LogP contribution in [0.25, 0.3) is 0 Å². The Morgan fingerprint density at radius 1 is 1.50 bits per heavy atom. The average Bonchev–Trinajstić information content (AvgIpc) is 2.39. The van der Waals surface area contributed by atoms with Gasteiger partial charge in [-0.3, -0.25) is 4.79 Å². The lowest BCUT2D eigenvalue weighted by molar-refractivity contribution is 0.112. The minimum absolute atomic E-state index is 0.248. The molecule has 18 heavy (non-hydrogen) atoms. The van der Waals surface area contributed by atoms with Crippen LogP contribution < -0.4 is 4.90 Å². The van der Waals surface area contributed by atoms with E-state index in [1.54, 1.807) is 0 Å². The number of hydrogen-bond acceptors (Lipinski definition) is 3. The van der Waals surface area contributed by atoms with E-state index in [9.17, 15) is 4.79 Å². The Hall–Kier alpha value is -0.870. The van der Waals surface area contributed by atoms with E-state index in [1.807, 2.05) is 18.2 Å². The van der Waals surface area contributed by atoms with E-state index >= 15 is 0 Å². The molecule has 0 amide bonds. The Labute approximate surface area is 116 Å². The summed E-state index contributed by atoms with van der Waals surface area (Å²) in [7, 11) is 0. The van der Waals surface area contributed by atoms with Crippen molar-refractivity contribution in [1.29, 1.82) is 0 Å². The molecule has 0 aromatic heterocycles. The van der Waals surface area contributed by atoms with Gasteiger partial charge in [-0.15, -0.1) is 0 Å². The van der Waals surface area contributed by atoms with Gasteiger partial charge in [-0.2, -0.15) is 0 Å². The van der Waals surface area contributed by atoms with Crippen molar-refractivity contribution in [3.05, 3.63) is 28.2 Å². The predicted octanol–water partition coefficient (Wildman–Crippen LogP) is 2.86. The highest BCUT2D eigenvalue weighted by Crippen LogP contribution is 2.29. The topological polar surface area (TPSA) is 40.5 Å². The second-order valence-corrected chi connectivity index (χ2v) is 5.70. The number of carbonyl (C=O) groups excluding carboxylic acids is 1. The normalized spacial score (nSPS) is 19.9. The fourth-order valence-corrected chi connectivity index (χ4v) is 2.94. The Bertz CT molecular complexity index is 420. The van der Waals surface area contributed by atoms with Gasteiger partial charge >= 0.3 is 0 Å². The summed E-state index contributed by atoms with van der Waals surface area (Å²) in [5, 5.41) is 9.04. The van der Waals surface area contributed by atoms with Crippen LogP contribution in [0.1, 0.15) is 29.6 Å². The highest BCUT2D eigenvalue weighted by Gasteiger charge is 2.21. The molecule has 4 heteroatoms. The van der Waals surface area contributed by atoms with Crippen molar-refractivity contribution in [2.24, 2.45) is 5.92 Å². The molecule has 1 saturated heterocycles. The molecule has 0 aliphatic carbocycles.